The molecule has 0 bridgehead atoms. The highest BCUT2D eigenvalue weighted by Crippen LogP contribution is 2.37. The van der Waals surface area contributed by atoms with Gasteiger partial charge in [-0.1, -0.05) is 24.6 Å². The fourth-order valence-corrected chi connectivity index (χ4v) is 3.65. The van der Waals surface area contributed by atoms with Gasteiger partial charge in [0.25, 0.3) is 0 Å². The highest BCUT2D eigenvalue weighted by molar-refractivity contribution is 5.85. The van der Waals surface area contributed by atoms with Gasteiger partial charge in [0, 0.05) is 18.5 Å². The lowest BCUT2D eigenvalue weighted by molar-refractivity contribution is 0.0953. The Morgan fingerprint density at radius 1 is 1.11 bits per heavy atom. The number of para-hydroxylation sites is 1. The zero-order valence-electron chi connectivity index (χ0n) is 11.7. The average Bonchev–Trinajstić information content (AvgIpc) is 2.46. The lowest BCUT2D eigenvalue weighted by atomic mass is 9.83. The van der Waals surface area contributed by atoms with E-state index in [2.05, 4.69) is 29.2 Å². The van der Waals surface area contributed by atoms with Gasteiger partial charge in [0.1, 0.15) is 5.75 Å². The van der Waals surface area contributed by atoms with Crippen LogP contribution in [0.5, 0.6) is 5.75 Å². The Morgan fingerprint density at radius 3 is 2.79 bits per heavy atom. The van der Waals surface area contributed by atoms with Crippen LogP contribution < -0.4 is 4.74 Å². The molecule has 106 valence electrons. The summed E-state index contributed by atoms with van der Waals surface area (Å²) >= 11 is 0. The highest BCUT2D eigenvalue weighted by Gasteiger charge is 2.31. The third kappa shape index (κ3) is 3.06. The van der Waals surface area contributed by atoms with E-state index in [-0.39, 0.29) is 12.4 Å². The molecule has 0 aliphatic carbocycles. The van der Waals surface area contributed by atoms with Gasteiger partial charge in [-0.15, -0.1) is 12.4 Å². The van der Waals surface area contributed by atoms with E-state index in [1.54, 1.807) is 7.11 Å². The van der Waals surface area contributed by atoms with Crippen LogP contribution in [0.1, 0.15) is 43.6 Å². The molecule has 1 aromatic rings. The molecule has 2 saturated heterocycles. The number of benzene rings is 1. The molecule has 0 N–H and O–H groups in total. The SMILES string of the molecule is COc1ccccc1C1CCC2CCCCN2C1.Cl. The number of rotatable bonds is 2. The first-order valence-electron chi connectivity index (χ1n) is 7.25. The van der Waals surface area contributed by atoms with Gasteiger partial charge in [-0.25, -0.2) is 0 Å². The number of hydrogen-bond donors (Lipinski definition) is 0. The van der Waals surface area contributed by atoms with Crippen LogP contribution in [0.3, 0.4) is 0 Å². The fourth-order valence-electron chi connectivity index (χ4n) is 3.65. The second kappa shape index (κ2) is 6.62. The first-order chi connectivity index (χ1) is 8.88. The molecule has 2 nitrogen and oxygen atoms in total. The molecule has 2 heterocycles. The molecule has 1 aromatic carbocycles. The van der Waals surface area contributed by atoms with Crippen LogP contribution in [-0.2, 0) is 0 Å². The van der Waals surface area contributed by atoms with Gasteiger partial charge in [-0.3, -0.25) is 4.90 Å². The van der Waals surface area contributed by atoms with Crippen molar-refractivity contribution in [1.29, 1.82) is 0 Å². The molecule has 2 aliphatic rings. The van der Waals surface area contributed by atoms with Crippen molar-refractivity contribution in [3.63, 3.8) is 0 Å². The summed E-state index contributed by atoms with van der Waals surface area (Å²) in [6, 6.07) is 9.41. The van der Waals surface area contributed by atoms with Crippen molar-refractivity contribution in [2.75, 3.05) is 20.2 Å². The van der Waals surface area contributed by atoms with Gasteiger partial charge < -0.3 is 4.74 Å². The summed E-state index contributed by atoms with van der Waals surface area (Å²) in [5.41, 5.74) is 1.41. The second-order valence-corrected chi connectivity index (χ2v) is 5.66. The van der Waals surface area contributed by atoms with Crippen molar-refractivity contribution in [3.05, 3.63) is 29.8 Å². The van der Waals surface area contributed by atoms with Crippen LogP contribution in [0.2, 0.25) is 0 Å². The van der Waals surface area contributed by atoms with E-state index in [0.717, 1.165) is 11.8 Å². The van der Waals surface area contributed by atoms with Crippen LogP contribution in [0.15, 0.2) is 24.3 Å². The maximum atomic E-state index is 5.52. The van der Waals surface area contributed by atoms with Crippen molar-refractivity contribution < 1.29 is 4.74 Å². The molecule has 0 radical (unpaired) electrons. The van der Waals surface area contributed by atoms with Crippen LogP contribution in [0, 0.1) is 0 Å². The van der Waals surface area contributed by atoms with E-state index < -0.39 is 0 Å². The smallest absolute Gasteiger partial charge is 0.122 e. The minimum atomic E-state index is 0. The number of piperidine rings is 2. The molecule has 2 aliphatic heterocycles. The molecule has 2 atom stereocenters. The third-order valence-corrected chi connectivity index (χ3v) is 4.63. The van der Waals surface area contributed by atoms with Crippen molar-refractivity contribution in [2.24, 2.45) is 0 Å². The largest absolute Gasteiger partial charge is 0.496 e. The molecule has 2 unspecified atom stereocenters. The number of ether oxygens (including phenoxy) is 1. The first-order valence-corrected chi connectivity index (χ1v) is 7.25. The number of fused-ring (bicyclic) bond motifs is 1. The Hall–Kier alpha value is -0.730. The van der Waals surface area contributed by atoms with Crippen molar-refractivity contribution >= 4 is 12.4 Å². The van der Waals surface area contributed by atoms with Gasteiger partial charge in [0.15, 0.2) is 0 Å². The van der Waals surface area contributed by atoms with Crippen molar-refractivity contribution in [2.45, 2.75) is 44.1 Å². The Bertz CT molecular complexity index is 409. The summed E-state index contributed by atoms with van der Waals surface area (Å²) in [6.45, 7) is 2.53. The second-order valence-electron chi connectivity index (χ2n) is 5.66. The van der Waals surface area contributed by atoms with E-state index in [4.69, 9.17) is 4.74 Å². The minimum absolute atomic E-state index is 0. The van der Waals surface area contributed by atoms with E-state index in [0.29, 0.717) is 5.92 Å². The van der Waals surface area contributed by atoms with Crippen LogP contribution in [0.25, 0.3) is 0 Å². The van der Waals surface area contributed by atoms with Crippen molar-refractivity contribution in [1.82, 2.24) is 4.90 Å². The standard InChI is InChI=1S/C16H23NO.ClH/c1-18-16-8-3-2-7-15(16)13-9-10-14-6-4-5-11-17(14)12-13;/h2-3,7-8,13-14H,4-6,9-12H2,1H3;1H. The molecular weight excluding hydrogens is 258 g/mol. The summed E-state index contributed by atoms with van der Waals surface area (Å²) in [6.07, 6.45) is 6.92. The van der Waals surface area contributed by atoms with Crippen LogP contribution >= 0.6 is 12.4 Å². The molecule has 0 aromatic heterocycles. The summed E-state index contributed by atoms with van der Waals surface area (Å²) in [4.78, 5) is 2.71. The van der Waals surface area contributed by atoms with E-state index in [1.807, 2.05) is 0 Å². The quantitative estimate of drug-likeness (QED) is 0.816. The van der Waals surface area contributed by atoms with Crippen molar-refractivity contribution in [3.8, 4) is 5.75 Å². The van der Waals surface area contributed by atoms with Gasteiger partial charge in [-0.2, -0.15) is 0 Å². The first kappa shape index (κ1) is 14.7. The molecule has 0 saturated carbocycles. The molecule has 3 rings (SSSR count). The zero-order chi connectivity index (χ0) is 12.4. The fraction of sp³-hybridized carbons (Fsp3) is 0.625. The lowest BCUT2D eigenvalue weighted by Crippen LogP contribution is -2.45. The third-order valence-electron chi connectivity index (χ3n) is 4.63. The summed E-state index contributed by atoms with van der Waals surface area (Å²) in [5, 5.41) is 0. The van der Waals surface area contributed by atoms with Crippen LogP contribution in [0.4, 0.5) is 0 Å². The van der Waals surface area contributed by atoms with Gasteiger partial charge in [0.05, 0.1) is 7.11 Å². The number of nitrogens with zero attached hydrogens (tertiary/aromatic N) is 1. The van der Waals surface area contributed by atoms with E-state index in [9.17, 15) is 0 Å². The monoisotopic (exact) mass is 281 g/mol. The number of halogens is 1. The Balaban J connectivity index is 0.00000133. The summed E-state index contributed by atoms with van der Waals surface area (Å²) in [5.74, 6) is 1.73. The maximum absolute atomic E-state index is 5.52. The predicted octanol–water partition coefficient (Wildman–Crippen LogP) is 3.85. The maximum Gasteiger partial charge on any atom is 0.122 e. The topological polar surface area (TPSA) is 12.5 Å². The predicted molar refractivity (Wildman–Crippen MR) is 81.4 cm³/mol. The lowest BCUT2D eigenvalue weighted by Gasteiger charge is -2.43. The minimum Gasteiger partial charge on any atom is -0.496 e. The summed E-state index contributed by atoms with van der Waals surface area (Å²) in [7, 11) is 1.78. The summed E-state index contributed by atoms with van der Waals surface area (Å²) < 4.78 is 5.52. The Labute approximate surface area is 122 Å². The number of methoxy groups -OCH3 is 1. The molecule has 0 amide bonds. The molecule has 3 heteroatoms. The molecule has 19 heavy (non-hydrogen) atoms. The van der Waals surface area contributed by atoms with Gasteiger partial charge in [-0.05, 0) is 43.9 Å². The zero-order valence-corrected chi connectivity index (χ0v) is 12.5. The molecule has 2 fully saturated rings. The molecule has 0 spiro atoms. The van der Waals surface area contributed by atoms with E-state index >= 15 is 0 Å². The average molecular weight is 282 g/mol. The van der Waals surface area contributed by atoms with E-state index in [1.165, 1.54) is 50.8 Å². The van der Waals surface area contributed by atoms with Crippen LogP contribution in [-0.4, -0.2) is 31.1 Å². The number of hydrogen-bond acceptors (Lipinski definition) is 2. The van der Waals surface area contributed by atoms with Gasteiger partial charge >= 0.3 is 0 Å². The molecular formula is C16H24ClNO. The Kier molecular flexibility index (Phi) is 5.12. The van der Waals surface area contributed by atoms with Gasteiger partial charge in [0.2, 0.25) is 0 Å². The highest BCUT2D eigenvalue weighted by atomic mass is 35.5. The normalized spacial score (nSPS) is 27.2. The Morgan fingerprint density at radius 2 is 1.95 bits per heavy atom.